The van der Waals surface area contributed by atoms with Gasteiger partial charge in [0, 0.05) is 42.3 Å². The molecular formula is C19H26N2O. The number of nitrogens with zero attached hydrogens (tertiary/aromatic N) is 1. The molecule has 4 aliphatic rings. The van der Waals surface area contributed by atoms with Crippen molar-refractivity contribution in [3.05, 3.63) is 29.8 Å². The van der Waals surface area contributed by atoms with Gasteiger partial charge < -0.3 is 10.4 Å². The average Bonchev–Trinajstić information content (AvgIpc) is 3.11. The highest BCUT2D eigenvalue weighted by molar-refractivity contribution is 5.64. The second-order valence-electron chi connectivity index (χ2n) is 7.88. The number of para-hydroxylation sites is 1. The van der Waals surface area contributed by atoms with Crippen LogP contribution in [0.3, 0.4) is 0 Å². The van der Waals surface area contributed by atoms with Gasteiger partial charge in [-0.3, -0.25) is 4.90 Å². The Balaban J connectivity index is 1.68. The first kappa shape index (κ1) is 13.4. The van der Waals surface area contributed by atoms with Crippen LogP contribution >= 0.6 is 0 Å². The van der Waals surface area contributed by atoms with E-state index in [1.807, 2.05) is 0 Å². The van der Waals surface area contributed by atoms with E-state index in [2.05, 4.69) is 41.4 Å². The highest BCUT2D eigenvalue weighted by atomic mass is 16.3. The molecule has 5 rings (SSSR count). The highest BCUT2D eigenvalue weighted by Crippen LogP contribution is 2.61. The molecule has 3 heterocycles. The molecule has 0 aromatic heterocycles. The number of nitrogens with one attached hydrogen (secondary N) is 1. The Bertz CT molecular complexity index is 603. The molecule has 1 saturated carbocycles. The summed E-state index contributed by atoms with van der Waals surface area (Å²) < 4.78 is 0. The fourth-order valence-electron chi connectivity index (χ4n) is 6.53. The Morgan fingerprint density at radius 2 is 2.23 bits per heavy atom. The quantitative estimate of drug-likeness (QED) is 0.880. The van der Waals surface area contributed by atoms with E-state index in [0.29, 0.717) is 30.5 Å². The third-order valence-corrected chi connectivity index (χ3v) is 7.43. The zero-order valence-corrected chi connectivity index (χ0v) is 13.3. The zero-order chi connectivity index (χ0) is 14.9. The molecule has 3 fully saturated rings. The van der Waals surface area contributed by atoms with E-state index in [1.165, 1.54) is 43.6 Å². The van der Waals surface area contributed by atoms with Gasteiger partial charge in [-0.2, -0.15) is 0 Å². The van der Waals surface area contributed by atoms with E-state index in [-0.39, 0.29) is 5.41 Å². The van der Waals surface area contributed by atoms with Crippen LogP contribution in [0.4, 0.5) is 5.69 Å². The number of benzene rings is 1. The van der Waals surface area contributed by atoms with Crippen LogP contribution < -0.4 is 5.32 Å². The molecule has 1 aliphatic carbocycles. The van der Waals surface area contributed by atoms with Crippen molar-refractivity contribution in [2.75, 3.05) is 25.0 Å². The molecule has 3 nitrogen and oxygen atoms in total. The Morgan fingerprint density at radius 1 is 1.36 bits per heavy atom. The van der Waals surface area contributed by atoms with E-state index < -0.39 is 0 Å². The lowest BCUT2D eigenvalue weighted by atomic mass is 9.54. The van der Waals surface area contributed by atoms with Gasteiger partial charge in [-0.15, -0.1) is 0 Å². The summed E-state index contributed by atoms with van der Waals surface area (Å²) in [6.45, 7) is 5.15. The summed E-state index contributed by atoms with van der Waals surface area (Å²) in [5, 5.41) is 14.1. The molecule has 0 radical (unpaired) electrons. The Hall–Kier alpha value is -1.06. The van der Waals surface area contributed by atoms with Crippen LogP contribution in [-0.2, 0) is 5.41 Å². The first-order valence-electron chi connectivity index (χ1n) is 9.00. The maximum absolute atomic E-state index is 10.2. The minimum atomic E-state index is 0.249. The van der Waals surface area contributed by atoms with E-state index in [4.69, 9.17) is 0 Å². The summed E-state index contributed by atoms with van der Waals surface area (Å²) in [5.41, 5.74) is 3.10. The van der Waals surface area contributed by atoms with Crippen LogP contribution in [0.25, 0.3) is 0 Å². The van der Waals surface area contributed by atoms with Crippen molar-refractivity contribution >= 4 is 5.69 Å². The summed E-state index contributed by atoms with van der Waals surface area (Å²) in [4.78, 5) is 2.77. The number of piperidine rings is 1. The molecule has 1 aromatic rings. The summed E-state index contributed by atoms with van der Waals surface area (Å²) in [7, 11) is 0. The number of aliphatic hydroxyl groups excluding tert-OH is 1. The van der Waals surface area contributed by atoms with Gasteiger partial charge in [0.05, 0.1) is 0 Å². The van der Waals surface area contributed by atoms with Crippen molar-refractivity contribution in [1.29, 1.82) is 0 Å². The van der Waals surface area contributed by atoms with Crippen molar-refractivity contribution in [2.24, 2.45) is 17.8 Å². The molecule has 6 atom stereocenters. The maximum atomic E-state index is 10.2. The third-order valence-electron chi connectivity index (χ3n) is 7.43. The topological polar surface area (TPSA) is 35.5 Å². The lowest BCUT2D eigenvalue weighted by Crippen LogP contribution is -2.64. The van der Waals surface area contributed by atoms with Gasteiger partial charge in [0.1, 0.15) is 0 Å². The molecule has 3 aliphatic heterocycles. The first-order valence-corrected chi connectivity index (χ1v) is 9.00. The van der Waals surface area contributed by atoms with E-state index in [9.17, 15) is 5.11 Å². The SMILES string of the molecule is CC[C@@H]1CN2CC[C@]34c5ccccc5N[C@@H]3[C@@H](CO)[C@H]1CC24. The average molecular weight is 298 g/mol. The summed E-state index contributed by atoms with van der Waals surface area (Å²) in [5.74, 6) is 1.86. The van der Waals surface area contributed by atoms with Gasteiger partial charge in [0.15, 0.2) is 0 Å². The van der Waals surface area contributed by atoms with Gasteiger partial charge >= 0.3 is 0 Å². The molecule has 3 heteroatoms. The van der Waals surface area contributed by atoms with Gasteiger partial charge in [-0.05, 0) is 42.9 Å². The Kier molecular flexibility index (Phi) is 2.73. The molecule has 2 saturated heterocycles. The van der Waals surface area contributed by atoms with Gasteiger partial charge in [0.2, 0.25) is 0 Å². The largest absolute Gasteiger partial charge is 0.396 e. The molecule has 1 spiro atoms. The molecular weight excluding hydrogens is 272 g/mol. The van der Waals surface area contributed by atoms with Crippen molar-refractivity contribution in [1.82, 2.24) is 4.90 Å². The lowest BCUT2D eigenvalue weighted by Gasteiger charge is -2.56. The normalized spacial score (nSPS) is 45.3. The van der Waals surface area contributed by atoms with Gasteiger partial charge in [0.25, 0.3) is 0 Å². The summed E-state index contributed by atoms with van der Waals surface area (Å²) >= 11 is 0. The van der Waals surface area contributed by atoms with E-state index in [0.717, 1.165) is 5.92 Å². The highest BCUT2D eigenvalue weighted by Gasteiger charge is 2.65. The van der Waals surface area contributed by atoms with Crippen LogP contribution in [-0.4, -0.2) is 41.8 Å². The number of hydrogen-bond acceptors (Lipinski definition) is 3. The van der Waals surface area contributed by atoms with Crippen LogP contribution in [0.5, 0.6) is 0 Å². The monoisotopic (exact) mass is 298 g/mol. The number of fused-ring (bicyclic) bond motifs is 2. The fourth-order valence-corrected chi connectivity index (χ4v) is 6.53. The van der Waals surface area contributed by atoms with E-state index in [1.54, 1.807) is 0 Å². The lowest BCUT2D eigenvalue weighted by molar-refractivity contribution is -0.0363. The fraction of sp³-hybridized carbons (Fsp3) is 0.684. The number of anilines is 1. The predicted octanol–water partition coefficient (Wildman–Crippen LogP) is 2.46. The van der Waals surface area contributed by atoms with E-state index >= 15 is 0 Å². The maximum Gasteiger partial charge on any atom is 0.0481 e. The van der Waals surface area contributed by atoms with Crippen LogP contribution in [0, 0.1) is 17.8 Å². The zero-order valence-electron chi connectivity index (χ0n) is 13.3. The number of aliphatic hydroxyl groups is 1. The Morgan fingerprint density at radius 3 is 3.05 bits per heavy atom. The standard InChI is InChI=1S/C19H26N2O/c1-2-12-10-21-8-7-19-15-5-3-4-6-16(15)20-18(19)14(11-22)13(12)9-17(19)21/h3-6,12-14,17-18,20,22H,2,7-11H2,1H3/t12-,13+,14+,17?,18-,19-/m1/s1. The van der Waals surface area contributed by atoms with Crippen molar-refractivity contribution in [3.63, 3.8) is 0 Å². The second kappa shape index (κ2) is 4.48. The van der Waals surface area contributed by atoms with Gasteiger partial charge in [-0.1, -0.05) is 31.5 Å². The minimum Gasteiger partial charge on any atom is -0.396 e. The molecule has 118 valence electrons. The number of rotatable bonds is 2. The van der Waals surface area contributed by atoms with Crippen LogP contribution in [0.15, 0.2) is 24.3 Å². The van der Waals surface area contributed by atoms with Crippen LogP contribution in [0.2, 0.25) is 0 Å². The number of hydrogen-bond donors (Lipinski definition) is 2. The molecule has 22 heavy (non-hydrogen) atoms. The minimum absolute atomic E-state index is 0.249. The first-order chi connectivity index (χ1) is 10.8. The summed E-state index contributed by atoms with van der Waals surface area (Å²) in [6, 6.07) is 10.0. The smallest absolute Gasteiger partial charge is 0.0481 e. The second-order valence-corrected chi connectivity index (χ2v) is 7.88. The molecule has 2 N–H and O–H groups in total. The molecule has 2 bridgehead atoms. The third kappa shape index (κ3) is 1.40. The van der Waals surface area contributed by atoms with Crippen molar-refractivity contribution in [2.45, 2.75) is 43.7 Å². The Labute approximate surface area is 132 Å². The van der Waals surface area contributed by atoms with Crippen molar-refractivity contribution < 1.29 is 5.11 Å². The molecule has 1 aromatic carbocycles. The van der Waals surface area contributed by atoms with Crippen LogP contribution in [0.1, 0.15) is 31.7 Å². The predicted molar refractivity (Wildman–Crippen MR) is 88.0 cm³/mol. The molecule has 1 unspecified atom stereocenters. The summed E-state index contributed by atoms with van der Waals surface area (Å²) in [6.07, 6.45) is 3.79. The van der Waals surface area contributed by atoms with Crippen molar-refractivity contribution in [3.8, 4) is 0 Å². The molecule has 0 amide bonds. The van der Waals surface area contributed by atoms with Gasteiger partial charge in [-0.25, -0.2) is 0 Å².